The number of nitriles is 1. The number of nitrogen functional groups attached to an aromatic ring is 1. The molecule has 0 bridgehead atoms. The Morgan fingerprint density at radius 3 is 3.05 bits per heavy atom. The summed E-state index contributed by atoms with van der Waals surface area (Å²) in [4.78, 5) is 4.29. The number of aromatic nitrogens is 3. The Hall–Kier alpha value is -2.59. The van der Waals surface area contributed by atoms with Crippen LogP contribution in [-0.2, 0) is 0 Å². The zero-order chi connectivity index (χ0) is 13.2. The summed E-state index contributed by atoms with van der Waals surface area (Å²) in [5, 5.41) is 17.5. The number of hydrogen-bond acceptors (Lipinski definition) is 7. The van der Waals surface area contributed by atoms with Crippen molar-refractivity contribution in [1.29, 1.82) is 5.26 Å². The molecule has 92 valence electrons. The van der Waals surface area contributed by atoms with E-state index in [4.69, 9.17) is 15.4 Å². The molecule has 0 aliphatic rings. The van der Waals surface area contributed by atoms with Gasteiger partial charge in [-0.2, -0.15) is 10.4 Å². The Balaban J connectivity index is 1.99. The fourth-order valence-corrected chi connectivity index (χ4v) is 2.28. The molecule has 0 spiro atoms. The summed E-state index contributed by atoms with van der Waals surface area (Å²) in [5.74, 6) is 0. The van der Waals surface area contributed by atoms with Crippen molar-refractivity contribution in [3.05, 3.63) is 36.0 Å². The lowest BCUT2D eigenvalue weighted by molar-refractivity contribution is 0.489. The standard InChI is InChI=1S/C12H7N5OS/c13-6-7-3-4-15-17-11(7)19-12-16-9-2-1-8(14)5-10(9)18-12/h1-5H,14H2. The van der Waals surface area contributed by atoms with Gasteiger partial charge in [0.05, 0.1) is 11.8 Å². The number of anilines is 1. The van der Waals surface area contributed by atoms with Crippen molar-refractivity contribution in [2.75, 3.05) is 5.73 Å². The predicted molar refractivity (Wildman–Crippen MR) is 69.3 cm³/mol. The molecule has 0 fully saturated rings. The molecule has 0 amide bonds. The quantitative estimate of drug-likeness (QED) is 0.711. The van der Waals surface area contributed by atoms with E-state index >= 15 is 0 Å². The third-order valence-corrected chi connectivity index (χ3v) is 3.23. The highest BCUT2D eigenvalue weighted by atomic mass is 32.2. The molecular formula is C12H7N5OS. The second-order valence-corrected chi connectivity index (χ2v) is 4.61. The van der Waals surface area contributed by atoms with Gasteiger partial charge >= 0.3 is 0 Å². The van der Waals surface area contributed by atoms with Crippen molar-refractivity contribution in [3.8, 4) is 6.07 Å². The first-order valence-corrected chi connectivity index (χ1v) is 6.13. The maximum Gasteiger partial charge on any atom is 0.263 e. The second-order valence-electron chi connectivity index (χ2n) is 3.67. The van der Waals surface area contributed by atoms with E-state index < -0.39 is 0 Å². The van der Waals surface area contributed by atoms with Gasteiger partial charge in [0.1, 0.15) is 16.6 Å². The van der Waals surface area contributed by atoms with Crippen molar-refractivity contribution < 1.29 is 4.42 Å². The van der Waals surface area contributed by atoms with E-state index in [0.29, 0.717) is 32.6 Å². The predicted octanol–water partition coefficient (Wildman–Crippen LogP) is 2.22. The van der Waals surface area contributed by atoms with Crippen LogP contribution in [0.25, 0.3) is 11.1 Å². The van der Waals surface area contributed by atoms with Gasteiger partial charge in [0, 0.05) is 11.8 Å². The summed E-state index contributed by atoms with van der Waals surface area (Å²) in [6, 6.07) is 8.87. The molecule has 0 saturated heterocycles. The zero-order valence-corrected chi connectivity index (χ0v) is 10.4. The lowest BCUT2D eigenvalue weighted by Crippen LogP contribution is -1.88. The van der Waals surface area contributed by atoms with Crippen LogP contribution in [0.2, 0.25) is 0 Å². The van der Waals surface area contributed by atoms with Crippen molar-refractivity contribution in [2.24, 2.45) is 0 Å². The largest absolute Gasteiger partial charge is 0.431 e. The van der Waals surface area contributed by atoms with E-state index in [9.17, 15) is 0 Å². The molecule has 2 heterocycles. The first-order valence-electron chi connectivity index (χ1n) is 5.32. The molecule has 1 aromatic carbocycles. The van der Waals surface area contributed by atoms with Crippen LogP contribution < -0.4 is 5.73 Å². The molecule has 0 unspecified atom stereocenters. The smallest absolute Gasteiger partial charge is 0.263 e. The minimum Gasteiger partial charge on any atom is -0.431 e. The van der Waals surface area contributed by atoms with Gasteiger partial charge in [-0.3, -0.25) is 0 Å². The third kappa shape index (κ3) is 2.21. The molecule has 6 nitrogen and oxygen atoms in total. The number of benzene rings is 1. The van der Waals surface area contributed by atoms with E-state index in [2.05, 4.69) is 15.2 Å². The van der Waals surface area contributed by atoms with Crippen LogP contribution in [0.15, 0.2) is 45.1 Å². The molecule has 2 N–H and O–H groups in total. The highest BCUT2D eigenvalue weighted by Crippen LogP contribution is 2.30. The summed E-state index contributed by atoms with van der Waals surface area (Å²) in [6.45, 7) is 0. The molecule has 0 aliphatic heterocycles. The van der Waals surface area contributed by atoms with Crippen LogP contribution in [0, 0.1) is 11.3 Å². The van der Waals surface area contributed by atoms with Gasteiger partial charge in [0.25, 0.3) is 5.22 Å². The van der Waals surface area contributed by atoms with Gasteiger partial charge in [-0.25, -0.2) is 4.98 Å². The molecule has 2 aromatic heterocycles. The summed E-state index contributed by atoms with van der Waals surface area (Å²) >= 11 is 1.16. The van der Waals surface area contributed by atoms with Gasteiger partial charge in [-0.05, 0) is 30.0 Å². The summed E-state index contributed by atoms with van der Waals surface area (Å²) in [6.07, 6.45) is 1.47. The average Bonchev–Trinajstić information content (AvgIpc) is 2.80. The maximum absolute atomic E-state index is 8.97. The van der Waals surface area contributed by atoms with Crippen molar-refractivity contribution in [2.45, 2.75) is 10.2 Å². The molecule has 3 rings (SSSR count). The van der Waals surface area contributed by atoms with Gasteiger partial charge in [-0.15, -0.1) is 5.10 Å². The van der Waals surface area contributed by atoms with Crippen LogP contribution in [-0.4, -0.2) is 15.2 Å². The highest BCUT2D eigenvalue weighted by molar-refractivity contribution is 7.99. The lowest BCUT2D eigenvalue weighted by atomic mass is 10.3. The highest BCUT2D eigenvalue weighted by Gasteiger charge is 2.12. The van der Waals surface area contributed by atoms with Crippen molar-refractivity contribution in [1.82, 2.24) is 15.2 Å². The average molecular weight is 269 g/mol. The molecule has 7 heteroatoms. The Labute approximate surface area is 112 Å². The summed E-state index contributed by atoms with van der Waals surface area (Å²) in [7, 11) is 0. The number of hydrogen-bond donors (Lipinski definition) is 1. The van der Waals surface area contributed by atoms with E-state index in [1.807, 2.05) is 6.07 Å². The molecule has 0 atom stereocenters. The third-order valence-electron chi connectivity index (χ3n) is 2.38. The van der Waals surface area contributed by atoms with Crippen molar-refractivity contribution >= 4 is 28.5 Å². The summed E-state index contributed by atoms with van der Waals surface area (Å²) in [5.41, 5.74) is 8.02. The van der Waals surface area contributed by atoms with Gasteiger partial charge in [0.2, 0.25) is 0 Å². The van der Waals surface area contributed by atoms with E-state index in [-0.39, 0.29) is 0 Å². The fourth-order valence-electron chi connectivity index (χ4n) is 1.53. The van der Waals surface area contributed by atoms with Crippen LogP contribution in [0.5, 0.6) is 0 Å². The second kappa shape index (κ2) is 4.59. The lowest BCUT2D eigenvalue weighted by Gasteiger charge is -1.95. The Kier molecular flexibility index (Phi) is 2.78. The minimum atomic E-state index is 0.401. The normalized spacial score (nSPS) is 10.5. The number of oxazole rings is 1. The van der Waals surface area contributed by atoms with E-state index in [1.54, 1.807) is 24.3 Å². The van der Waals surface area contributed by atoms with Gasteiger partial charge < -0.3 is 10.2 Å². The molecule has 0 aliphatic carbocycles. The minimum absolute atomic E-state index is 0.401. The summed E-state index contributed by atoms with van der Waals surface area (Å²) < 4.78 is 5.55. The van der Waals surface area contributed by atoms with Crippen molar-refractivity contribution in [3.63, 3.8) is 0 Å². The number of nitrogens with two attached hydrogens (primary N) is 1. The number of nitrogens with zero attached hydrogens (tertiary/aromatic N) is 4. The monoisotopic (exact) mass is 269 g/mol. The number of fused-ring (bicyclic) bond motifs is 1. The van der Waals surface area contributed by atoms with Crippen LogP contribution in [0.4, 0.5) is 5.69 Å². The molecule has 0 saturated carbocycles. The Morgan fingerprint density at radius 1 is 1.32 bits per heavy atom. The van der Waals surface area contributed by atoms with Crippen LogP contribution in [0.1, 0.15) is 5.56 Å². The van der Waals surface area contributed by atoms with E-state index in [1.165, 1.54) is 6.20 Å². The molecule has 0 radical (unpaired) electrons. The molecule has 19 heavy (non-hydrogen) atoms. The first kappa shape index (κ1) is 11.5. The Bertz CT molecular complexity index is 792. The molecule has 3 aromatic rings. The van der Waals surface area contributed by atoms with Gasteiger partial charge in [0.15, 0.2) is 5.58 Å². The first-order chi connectivity index (χ1) is 9.26. The number of rotatable bonds is 2. The SMILES string of the molecule is N#Cc1ccnnc1Sc1nc2ccc(N)cc2o1. The molecular weight excluding hydrogens is 262 g/mol. The van der Waals surface area contributed by atoms with E-state index in [0.717, 1.165) is 11.8 Å². The maximum atomic E-state index is 8.97. The Morgan fingerprint density at radius 2 is 2.21 bits per heavy atom. The van der Waals surface area contributed by atoms with Gasteiger partial charge in [-0.1, -0.05) is 0 Å². The topological polar surface area (TPSA) is 102 Å². The van der Waals surface area contributed by atoms with Crippen LogP contribution in [0.3, 0.4) is 0 Å². The zero-order valence-electron chi connectivity index (χ0n) is 9.57. The van der Waals surface area contributed by atoms with Crippen LogP contribution >= 0.6 is 11.8 Å². The fraction of sp³-hybridized carbons (Fsp3) is 0.